The first kappa shape index (κ1) is 12.9. The lowest BCUT2D eigenvalue weighted by atomic mass is 9.73. The van der Waals surface area contributed by atoms with E-state index < -0.39 is 11.5 Å². The van der Waals surface area contributed by atoms with E-state index in [0.29, 0.717) is 6.61 Å². The number of aliphatic hydroxyl groups excluding tert-OH is 2. The fourth-order valence-corrected chi connectivity index (χ4v) is 1.60. The molecule has 0 aromatic carbocycles. The first-order valence-electron chi connectivity index (χ1n) is 4.56. The van der Waals surface area contributed by atoms with Crippen molar-refractivity contribution >= 4 is 0 Å². The van der Waals surface area contributed by atoms with Crippen LogP contribution in [0.25, 0.3) is 0 Å². The first-order chi connectivity index (χ1) is 5.78. The van der Waals surface area contributed by atoms with E-state index in [4.69, 9.17) is 9.84 Å². The molecule has 13 heavy (non-hydrogen) atoms. The summed E-state index contributed by atoms with van der Waals surface area (Å²) in [6, 6.07) is 0. The normalized spacial score (nSPS) is 15.9. The van der Waals surface area contributed by atoms with E-state index in [9.17, 15) is 5.11 Å². The molecule has 1 atom stereocenters. The summed E-state index contributed by atoms with van der Waals surface area (Å²) in [6.07, 6.45) is -0.579. The van der Waals surface area contributed by atoms with Gasteiger partial charge in [0.15, 0.2) is 0 Å². The van der Waals surface area contributed by atoms with Crippen molar-refractivity contribution < 1.29 is 14.9 Å². The van der Waals surface area contributed by atoms with E-state index in [-0.39, 0.29) is 12.0 Å². The summed E-state index contributed by atoms with van der Waals surface area (Å²) in [4.78, 5) is 0. The quantitative estimate of drug-likeness (QED) is 0.681. The van der Waals surface area contributed by atoms with Crippen LogP contribution in [0.15, 0.2) is 0 Å². The van der Waals surface area contributed by atoms with Crippen molar-refractivity contribution in [3.63, 3.8) is 0 Å². The van der Waals surface area contributed by atoms with Crippen LogP contribution in [0.1, 0.15) is 27.7 Å². The Balaban J connectivity index is 4.47. The minimum atomic E-state index is -0.579. The molecule has 3 heteroatoms. The molecule has 0 amide bonds. The van der Waals surface area contributed by atoms with Gasteiger partial charge in [0, 0.05) is 17.9 Å². The number of aliphatic hydroxyl groups is 2. The van der Waals surface area contributed by atoms with Crippen molar-refractivity contribution in [1.29, 1.82) is 0 Å². The smallest absolute Gasteiger partial charge is 0.0685 e. The standard InChI is InChI=1S/C10H22O3/c1-9(2,6-11)8(12)10(3,4)7-13-5/h8,11-12H,6-7H2,1-5H3. The minimum Gasteiger partial charge on any atom is -0.396 e. The summed E-state index contributed by atoms with van der Waals surface area (Å²) >= 11 is 0. The third-order valence-corrected chi connectivity index (χ3v) is 2.40. The fraction of sp³-hybridized carbons (Fsp3) is 1.00. The van der Waals surface area contributed by atoms with E-state index in [1.54, 1.807) is 7.11 Å². The highest BCUT2D eigenvalue weighted by molar-refractivity contribution is 4.88. The molecule has 2 N–H and O–H groups in total. The van der Waals surface area contributed by atoms with Gasteiger partial charge in [-0.3, -0.25) is 0 Å². The molecule has 0 rings (SSSR count). The number of hydrogen-bond donors (Lipinski definition) is 2. The summed E-state index contributed by atoms with van der Waals surface area (Å²) in [5.74, 6) is 0. The lowest BCUT2D eigenvalue weighted by Gasteiger charge is -2.39. The van der Waals surface area contributed by atoms with E-state index in [2.05, 4.69) is 0 Å². The van der Waals surface area contributed by atoms with E-state index in [1.165, 1.54) is 0 Å². The molecule has 0 aromatic heterocycles. The molecule has 0 bridgehead atoms. The Morgan fingerprint density at radius 3 is 1.92 bits per heavy atom. The molecular formula is C10H22O3. The topological polar surface area (TPSA) is 49.7 Å². The predicted octanol–water partition coefficient (Wildman–Crippen LogP) is 1.04. The van der Waals surface area contributed by atoms with Crippen LogP contribution in [0.5, 0.6) is 0 Å². The summed E-state index contributed by atoms with van der Waals surface area (Å²) in [5.41, 5.74) is -0.816. The Labute approximate surface area is 80.7 Å². The van der Waals surface area contributed by atoms with Gasteiger partial charge < -0.3 is 14.9 Å². The van der Waals surface area contributed by atoms with Crippen LogP contribution in [0, 0.1) is 10.8 Å². The molecule has 0 aliphatic carbocycles. The van der Waals surface area contributed by atoms with Crippen molar-refractivity contribution in [2.24, 2.45) is 10.8 Å². The third kappa shape index (κ3) is 3.25. The Kier molecular flexibility index (Phi) is 4.36. The van der Waals surface area contributed by atoms with Crippen molar-refractivity contribution in [2.45, 2.75) is 33.8 Å². The summed E-state index contributed by atoms with van der Waals surface area (Å²) in [5, 5.41) is 19.1. The SMILES string of the molecule is COCC(C)(C)C(O)C(C)(C)CO. The van der Waals surface area contributed by atoms with Gasteiger partial charge in [-0.05, 0) is 0 Å². The number of rotatable bonds is 5. The molecule has 0 aromatic rings. The summed E-state index contributed by atoms with van der Waals surface area (Å²) in [6.45, 7) is 8.00. The largest absolute Gasteiger partial charge is 0.396 e. The van der Waals surface area contributed by atoms with Crippen molar-refractivity contribution in [1.82, 2.24) is 0 Å². The maximum absolute atomic E-state index is 10.00. The molecule has 0 saturated heterocycles. The lowest BCUT2D eigenvalue weighted by molar-refractivity contribution is -0.0889. The number of ether oxygens (including phenoxy) is 1. The molecule has 80 valence electrons. The average molecular weight is 190 g/mol. The van der Waals surface area contributed by atoms with Crippen LogP contribution in [-0.2, 0) is 4.74 Å². The Morgan fingerprint density at radius 2 is 1.62 bits per heavy atom. The van der Waals surface area contributed by atoms with Crippen LogP contribution in [-0.4, -0.2) is 36.6 Å². The third-order valence-electron chi connectivity index (χ3n) is 2.40. The molecule has 0 saturated carbocycles. The molecule has 0 aliphatic heterocycles. The summed E-state index contributed by atoms with van der Waals surface area (Å²) in [7, 11) is 1.61. The van der Waals surface area contributed by atoms with Crippen LogP contribution < -0.4 is 0 Å². The van der Waals surface area contributed by atoms with Gasteiger partial charge in [0.25, 0.3) is 0 Å². The zero-order chi connectivity index (χ0) is 10.7. The monoisotopic (exact) mass is 190 g/mol. The second-order valence-corrected chi connectivity index (χ2v) is 4.97. The van der Waals surface area contributed by atoms with Gasteiger partial charge in [0.1, 0.15) is 0 Å². The Bertz CT molecular complexity index is 152. The predicted molar refractivity (Wildman–Crippen MR) is 52.5 cm³/mol. The maximum Gasteiger partial charge on any atom is 0.0685 e. The molecule has 0 radical (unpaired) electrons. The van der Waals surface area contributed by atoms with Gasteiger partial charge in [0.2, 0.25) is 0 Å². The first-order valence-corrected chi connectivity index (χ1v) is 4.56. The molecule has 0 spiro atoms. The summed E-state index contributed by atoms with van der Waals surface area (Å²) < 4.78 is 5.03. The molecule has 1 unspecified atom stereocenters. The van der Waals surface area contributed by atoms with Crippen molar-refractivity contribution in [3.8, 4) is 0 Å². The van der Waals surface area contributed by atoms with Crippen LogP contribution >= 0.6 is 0 Å². The fourth-order valence-electron chi connectivity index (χ4n) is 1.60. The molecular weight excluding hydrogens is 168 g/mol. The Hall–Kier alpha value is -0.120. The van der Waals surface area contributed by atoms with Gasteiger partial charge >= 0.3 is 0 Å². The highest BCUT2D eigenvalue weighted by atomic mass is 16.5. The lowest BCUT2D eigenvalue weighted by Crippen LogP contribution is -2.45. The molecule has 0 fully saturated rings. The van der Waals surface area contributed by atoms with Gasteiger partial charge in [-0.15, -0.1) is 0 Å². The highest BCUT2D eigenvalue weighted by Crippen LogP contribution is 2.33. The van der Waals surface area contributed by atoms with Gasteiger partial charge in [-0.1, -0.05) is 27.7 Å². The zero-order valence-electron chi connectivity index (χ0n) is 9.29. The molecule has 0 heterocycles. The molecule has 3 nitrogen and oxygen atoms in total. The number of hydrogen-bond acceptors (Lipinski definition) is 3. The van der Waals surface area contributed by atoms with Gasteiger partial charge in [0.05, 0.1) is 19.3 Å². The van der Waals surface area contributed by atoms with Crippen molar-refractivity contribution in [2.75, 3.05) is 20.3 Å². The molecule has 0 aliphatic rings. The van der Waals surface area contributed by atoms with Crippen molar-refractivity contribution in [3.05, 3.63) is 0 Å². The zero-order valence-corrected chi connectivity index (χ0v) is 9.29. The van der Waals surface area contributed by atoms with Crippen LogP contribution in [0.2, 0.25) is 0 Å². The average Bonchev–Trinajstić information content (AvgIpc) is 2.03. The van der Waals surface area contributed by atoms with E-state index in [1.807, 2.05) is 27.7 Å². The van der Waals surface area contributed by atoms with Crippen LogP contribution in [0.3, 0.4) is 0 Å². The van der Waals surface area contributed by atoms with Crippen LogP contribution in [0.4, 0.5) is 0 Å². The van der Waals surface area contributed by atoms with Gasteiger partial charge in [-0.2, -0.15) is 0 Å². The highest BCUT2D eigenvalue weighted by Gasteiger charge is 2.39. The van der Waals surface area contributed by atoms with E-state index >= 15 is 0 Å². The Morgan fingerprint density at radius 1 is 1.15 bits per heavy atom. The second-order valence-electron chi connectivity index (χ2n) is 4.97. The number of methoxy groups -OCH3 is 1. The van der Waals surface area contributed by atoms with E-state index in [0.717, 1.165) is 0 Å². The second kappa shape index (κ2) is 4.40. The minimum absolute atomic E-state index is 0.0265. The van der Waals surface area contributed by atoms with Gasteiger partial charge in [-0.25, -0.2) is 0 Å². The maximum atomic E-state index is 10.00.